The minimum absolute atomic E-state index is 0.119. The van der Waals surface area contributed by atoms with Gasteiger partial charge in [0.15, 0.2) is 0 Å². The van der Waals surface area contributed by atoms with Crippen molar-refractivity contribution in [3.05, 3.63) is 64.5 Å². The molecule has 4 rings (SSSR count). The Morgan fingerprint density at radius 3 is 2.50 bits per heavy atom. The number of aryl methyl sites for hydroxylation is 2. The van der Waals surface area contributed by atoms with Crippen molar-refractivity contribution in [2.75, 3.05) is 31.1 Å². The lowest BCUT2D eigenvalue weighted by Crippen LogP contribution is -2.49. The molecule has 0 N–H and O–H groups in total. The number of hydrogen-bond donors (Lipinski definition) is 0. The summed E-state index contributed by atoms with van der Waals surface area (Å²) in [6.45, 7) is 9.39. The Morgan fingerprint density at radius 1 is 1.09 bits per heavy atom. The first kappa shape index (κ1) is 22.3. The van der Waals surface area contributed by atoms with E-state index in [1.165, 1.54) is 11.1 Å². The summed E-state index contributed by atoms with van der Waals surface area (Å²) in [5, 5.41) is 4.82. The van der Waals surface area contributed by atoms with Gasteiger partial charge in [0, 0.05) is 55.3 Å². The summed E-state index contributed by atoms with van der Waals surface area (Å²) in [4.78, 5) is 21.4. The molecule has 0 aliphatic carbocycles. The predicted octanol–water partition coefficient (Wildman–Crippen LogP) is 5.10. The molecule has 3 aromatic rings. The molecule has 0 radical (unpaired) electrons. The largest absolute Gasteiger partial charge is 0.368 e. The zero-order valence-electron chi connectivity index (χ0n) is 18.8. The number of nitrogens with zero attached hydrogens (tertiary/aromatic N) is 4. The fourth-order valence-corrected chi connectivity index (χ4v) is 4.15. The zero-order valence-corrected chi connectivity index (χ0v) is 19.6. The number of amides is 1. The van der Waals surface area contributed by atoms with Gasteiger partial charge in [-0.2, -0.15) is 4.98 Å². The molecular weight excluding hydrogens is 424 g/mol. The molecule has 0 unspecified atom stereocenters. The van der Waals surface area contributed by atoms with Crippen molar-refractivity contribution in [2.45, 2.75) is 39.5 Å². The van der Waals surface area contributed by atoms with Crippen molar-refractivity contribution >= 4 is 23.2 Å². The van der Waals surface area contributed by atoms with Crippen LogP contribution in [0.4, 0.5) is 5.69 Å². The van der Waals surface area contributed by atoms with Gasteiger partial charge in [0.25, 0.3) is 0 Å². The van der Waals surface area contributed by atoms with Gasteiger partial charge in [-0.15, -0.1) is 0 Å². The first-order valence-electron chi connectivity index (χ1n) is 11.1. The highest BCUT2D eigenvalue weighted by Gasteiger charge is 2.22. The Kier molecular flexibility index (Phi) is 6.80. The van der Waals surface area contributed by atoms with Crippen LogP contribution < -0.4 is 4.90 Å². The molecule has 1 amide bonds. The second kappa shape index (κ2) is 9.74. The van der Waals surface area contributed by atoms with E-state index in [1.807, 2.05) is 35.2 Å². The first-order valence-corrected chi connectivity index (χ1v) is 11.5. The van der Waals surface area contributed by atoms with Crippen LogP contribution >= 0.6 is 11.6 Å². The highest BCUT2D eigenvalue weighted by Crippen LogP contribution is 2.25. The molecule has 1 aliphatic rings. The predicted molar refractivity (Wildman–Crippen MR) is 127 cm³/mol. The molecule has 6 nitrogen and oxygen atoms in total. The summed E-state index contributed by atoms with van der Waals surface area (Å²) in [5.41, 5.74) is 4.53. The van der Waals surface area contributed by atoms with Crippen molar-refractivity contribution in [1.82, 2.24) is 15.0 Å². The van der Waals surface area contributed by atoms with E-state index in [0.717, 1.165) is 29.4 Å². The molecule has 0 saturated carbocycles. The molecular formula is C25H29ClN4O2. The highest BCUT2D eigenvalue weighted by molar-refractivity contribution is 6.30. The van der Waals surface area contributed by atoms with E-state index in [9.17, 15) is 4.79 Å². The van der Waals surface area contributed by atoms with E-state index < -0.39 is 0 Å². The van der Waals surface area contributed by atoms with Crippen LogP contribution in [0.1, 0.15) is 43.2 Å². The first-order chi connectivity index (χ1) is 15.4. The number of anilines is 1. The van der Waals surface area contributed by atoms with Crippen molar-refractivity contribution in [2.24, 2.45) is 0 Å². The third kappa shape index (κ3) is 5.13. The van der Waals surface area contributed by atoms with E-state index in [0.29, 0.717) is 43.6 Å². The number of halogens is 1. The summed E-state index contributed by atoms with van der Waals surface area (Å²) in [7, 11) is 0. The normalized spacial score (nSPS) is 14.3. The zero-order chi connectivity index (χ0) is 22.7. The molecule has 32 heavy (non-hydrogen) atoms. The van der Waals surface area contributed by atoms with E-state index in [-0.39, 0.29) is 5.91 Å². The SMILES string of the molecule is Cc1ccc(Cl)cc1N1CCN(C(=O)CCc2nc(-c3ccc(C(C)C)cc3)no2)CC1. The topological polar surface area (TPSA) is 62.5 Å². The van der Waals surface area contributed by atoms with Gasteiger partial charge in [0.1, 0.15) is 0 Å². The van der Waals surface area contributed by atoms with Crippen molar-refractivity contribution < 1.29 is 9.32 Å². The van der Waals surface area contributed by atoms with E-state index in [1.54, 1.807) is 0 Å². The van der Waals surface area contributed by atoms with Gasteiger partial charge in [-0.05, 0) is 36.1 Å². The summed E-state index contributed by atoms with van der Waals surface area (Å²) < 4.78 is 5.38. The molecule has 168 valence electrons. The lowest BCUT2D eigenvalue weighted by molar-refractivity contribution is -0.131. The fourth-order valence-electron chi connectivity index (χ4n) is 3.98. The monoisotopic (exact) mass is 452 g/mol. The van der Waals surface area contributed by atoms with Gasteiger partial charge in [-0.1, -0.05) is 60.9 Å². The van der Waals surface area contributed by atoms with Crippen LogP contribution in [-0.2, 0) is 11.2 Å². The summed E-state index contributed by atoms with van der Waals surface area (Å²) in [6, 6.07) is 14.1. The second-order valence-electron chi connectivity index (χ2n) is 8.59. The van der Waals surface area contributed by atoms with E-state index in [4.69, 9.17) is 16.1 Å². The highest BCUT2D eigenvalue weighted by atomic mass is 35.5. The lowest BCUT2D eigenvalue weighted by atomic mass is 10.0. The standard InChI is InChI=1S/C25H29ClN4O2/c1-17(2)19-5-7-20(8-6-19)25-27-23(32-28-25)10-11-24(31)30-14-12-29(13-15-30)22-16-21(26)9-4-18(22)3/h4-9,16-17H,10-15H2,1-3H3. The summed E-state index contributed by atoms with van der Waals surface area (Å²) >= 11 is 6.16. The van der Waals surface area contributed by atoms with Crippen molar-refractivity contribution in [3.63, 3.8) is 0 Å². The molecule has 0 spiro atoms. The van der Waals surface area contributed by atoms with Gasteiger partial charge in [0.2, 0.25) is 17.6 Å². The van der Waals surface area contributed by atoms with Gasteiger partial charge >= 0.3 is 0 Å². The number of aromatic nitrogens is 2. The van der Waals surface area contributed by atoms with Crippen LogP contribution in [0.15, 0.2) is 47.0 Å². The summed E-state index contributed by atoms with van der Waals surface area (Å²) in [5.74, 6) is 1.66. The number of piperazine rings is 1. The van der Waals surface area contributed by atoms with Crippen LogP contribution in [0.5, 0.6) is 0 Å². The van der Waals surface area contributed by atoms with Gasteiger partial charge < -0.3 is 14.3 Å². The smallest absolute Gasteiger partial charge is 0.227 e. The molecule has 2 aromatic carbocycles. The Balaban J connectivity index is 1.29. The maximum atomic E-state index is 12.7. The van der Waals surface area contributed by atoms with Crippen LogP contribution in [-0.4, -0.2) is 47.1 Å². The number of rotatable bonds is 6. The fraction of sp³-hybridized carbons (Fsp3) is 0.400. The van der Waals surface area contributed by atoms with Crippen LogP contribution in [0, 0.1) is 6.92 Å². The molecule has 1 aromatic heterocycles. The van der Waals surface area contributed by atoms with E-state index >= 15 is 0 Å². The number of carbonyl (C=O) groups excluding carboxylic acids is 1. The third-order valence-corrected chi connectivity index (χ3v) is 6.24. The molecule has 2 heterocycles. The molecule has 1 saturated heterocycles. The summed E-state index contributed by atoms with van der Waals surface area (Å²) in [6.07, 6.45) is 0.813. The quantitative estimate of drug-likeness (QED) is 0.520. The number of benzene rings is 2. The van der Waals surface area contributed by atoms with Crippen LogP contribution in [0.2, 0.25) is 5.02 Å². The maximum Gasteiger partial charge on any atom is 0.227 e. The number of carbonyl (C=O) groups is 1. The minimum Gasteiger partial charge on any atom is -0.368 e. The Morgan fingerprint density at radius 2 is 1.81 bits per heavy atom. The van der Waals surface area contributed by atoms with Gasteiger partial charge in [-0.3, -0.25) is 4.79 Å². The van der Waals surface area contributed by atoms with Crippen LogP contribution in [0.3, 0.4) is 0 Å². The van der Waals surface area contributed by atoms with Gasteiger partial charge in [-0.25, -0.2) is 0 Å². The van der Waals surface area contributed by atoms with Crippen LogP contribution in [0.25, 0.3) is 11.4 Å². The third-order valence-electron chi connectivity index (χ3n) is 6.00. The molecule has 1 fully saturated rings. The van der Waals surface area contributed by atoms with Crippen molar-refractivity contribution in [1.29, 1.82) is 0 Å². The molecule has 1 aliphatic heterocycles. The molecule has 0 bridgehead atoms. The average Bonchev–Trinajstić information content (AvgIpc) is 3.28. The Bertz CT molecular complexity index is 1070. The van der Waals surface area contributed by atoms with Crippen molar-refractivity contribution in [3.8, 4) is 11.4 Å². The maximum absolute atomic E-state index is 12.7. The average molecular weight is 453 g/mol. The molecule has 7 heteroatoms. The lowest BCUT2D eigenvalue weighted by Gasteiger charge is -2.37. The number of hydrogen-bond acceptors (Lipinski definition) is 5. The Hall–Kier alpha value is -2.86. The molecule has 0 atom stereocenters. The second-order valence-corrected chi connectivity index (χ2v) is 9.02. The minimum atomic E-state index is 0.119. The van der Waals surface area contributed by atoms with E-state index in [2.05, 4.69) is 47.9 Å². The van der Waals surface area contributed by atoms with Gasteiger partial charge in [0.05, 0.1) is 0 Å². The Labute approximate surface area is 194 Å².